The predicted octanol–water partition coefficient (Wildman–Crippen LogP) is 1.60. The SMILES string of the molecule is CCOC(=O)[C@H]1CCC[NH+]([C@H](c2ccco2)c2sc3nc(CC)nn3c2O)C1. The Kier molecular flexibility index (Phi) is 5.36. The molecule has 3 aromatic heterocycles. The van der Waals surface area contributed by atoms with Crippen LogP contribution in [0.5, 0.6) is 5.88 Å². The molecule has 8 nitrogen and oxygen atoms in total. The fourth-order valence-corrected chi connectivity index (χ4v) is 5.06. The number of likely N-dealkylation sites (tertiary alicyclic amines) is 1. The summed E-state index contributed by atoms with van der Waals surface area (Å²) in [6, 6.07) is 3.54. The number of aromatic nitrogens is 3. The summed E-state index contributed by atoms with van der Waals surface area (Å²) in [5.41, 5.74) is 0. The number of ether oxygens (including phenoxy) is 1. The van der Waals surface area contributed by atoms with Crippen molar-refractivity contribution in [2.75, 3.05) is 19.7 Å². The lowest BCUT2D eigenvalue weighted by Crippen LogP contribution is -3.14. The first-order chi connectivity index (χ1) is 13.6. The number of furan rings is 1. The molecule has 1 fully saturated rings. The van der Waals surface area contributed by atoms with Gasteiger partial charge in [-0.1, -0.05) is 18.3 Å². The lowest BCUT2D eigenvalue weighted by molar-refractivity contribution is -0.933. The first kappa shape index (κ1) is 18.9. The Bertz CT molecular complexity index is 949. The zero-order chi connectivity index (χ0) is 19.7. The highest BCUT2D eigenvalue weighted by Crippen LogP contribution is 2.35. The molecule has 0 radical (unpaired) electrons. The number of piperidine rings is 1. The van der Waals surface area contributed by atoms with E-state index in [1.165, 1.54) is 20.8 Å². The fourth-order valence-electron chi connectivity index (χ4n) is 3.92. The molecule has 1 unspecified atom stereocenters. The number of quaternary nitrogens is 1. The van der Waals surface area contributed by atoms with Crippen molar-refractivity contribution in [3.05, 3.63) is 34.9 Å². The van der Waals surface area contributed by atoms with Gasteiger partial charge >= 0.3 is 5.97 Å². The Hall–Kier alpha value is -2.39. The molecule has 4 heterocycles. The van der Waals surface area contributed by atoms with Gasteiger partial charge in [0.2, 0.25) is 10.8 Å². The van der Waals surface area contributed by atoms with E-state index in [-0.39, 0.29) is 23.8 Å². The minimum Gasteiger partial charge on any atom is -0.492 e. The lowest BCUT2D eigenvalue weighted by atomic mass is 9.96. The van der Waals surface area contributed by atoms with Crippen LogP contribution >= 0.6 is 11.3 Å². The van der Waals surface area contributed by atoms with Gasteiger partial charge in [-0.2, -0.15) is 4.52 Å². The Balaban J connectivity index is 1.70. The van der Waals surface area contributed by atoms with Crippen LogP contribution in [0, 0.1) is 5.92 Å². The van der Waals surface area contributed by atoms with Crippen molar-refractivity contribution < 1.29 is 24.0 Å². The van der Waals surface area contributed by atoms with E-state index in [0.29, 0.717) is 30.4 Å². The standard InChI is InChI=1S/C19H24N4O4S/c1-3-14-20-19-23(21-14)17(24)16(28-19)15(13-8-6-10-27-13)22-9-5-7-12(11-22)18(25)26-4-2/h6,8,10,12,15,24H,3-5,7,9,11H2,1-2H3/p+1/t12-,15+/m0/s1. The summed E-state index contributed by atoms with van der Waals surface area (Å²) in [4.78, 5) is 19.4. The van der Waals surface area contributed by atoms with Gasteiger partial charge in [-0.15, -0.1) is 5.10 Å². The molecule has 0 aliphatic carbocycles. The van der Waals surface area contributed by atoms with E-state index >= 15 is 0 Å². The van der Waals surface area contributed by atoms with E-state index < -0.39 is 0 Å². The minimum atomic E-state index is -0.217. The molecule has 1 saturated heterocycles. The van der Waals surface area contributed by atoms with E-state index in [2.05, 4.69) is 10.1 Å². The first-order valence-electron chi connectivity index (χ1n) is 9.74. The van der Waals surface area contributed by atoms with Gasteiger partial charge in [0.15, 0.2) is 17.6 Å². The van der Waals surface area contributed by atoms with Crippen LogP contribution in [-0.4, -0.2) is 45.4 Å². The Morgan fingerprint density at radius 2 is 2.39 bits per heavy atom. The third-order valence-electron chi connectivity index (χ3n) is 5.24. The lowest BCUT2D eigenvalue weighted by Gasteiger charge is -2.33. The largest absolute Gasteiger partial charge is 0.492 e. The molecule has 1 aliphatic rings. The molecule has 4 rings (SSSR count). The Morgan fingerprint density at radius 1 is 1.54 bits per heavy atom. The maximum Gasteiger partial charge on any atom is 0.314 e. The van der Waals surface area contributed by atoms with Gasteiger partial charge in [0, 0.05) is 6.42 Å². The third-order valence-corrected chi connectivity index (χ3v) is 6.32. The highest BCUT2D eigenvalue weighted by atomic mass is 32.1. The second-order valence-electron chi connectivity index (χ2n) is 7.02. The molecule has 0 aromatic carbocycles. The number of aryl methyl sites for hydroxylation is 1. The molecule has 2 N–H and O–H groups in total. The molecule has 3 atom stereocenters. The smallest absolute Gasteiger partial charge is 0.314 e. The maximum absolute atomic E-state index is 12.3. The summed E-state index contributed by atoms with van der Waals surface area (Å²) in [7, 11) is 0. The summed E-state index contributed by atoms with van der Waals surface area (Å²) in [6.45, 7) is 5.72. The average molecular weight is 406 g/mol. The van der Waals surface area contributed by atoms with Gasteiger partial charge in [-0.05, 0) is 31.9 Å². The van der Waals surface area contributed by atoms with Crippen LogP contribution in [0.15, 0.2) is 22.8 Å². The van der Waals surface area contributed by atoms with E-state index in [1.54, 1.807) is 6.26 Å². The summed E-state index contributed by atoms with van der Waals surface area (Å²) >= 11 is 1.42. The van der Waals surface area contributed by atoms with Gasteiger partial charge in [0.1, 0.15) is 10.8 Å². The number of aromatic hydroxyl groups is 1. The van der Waals surface area contributed by atoms with Crippen molar-refractivity contribution in [1.82, 2.24) is 14.6 Å². The number of esters is 1. The zero-order valence-corrected chi connectivity index (χ0v) is 16.9. The monoisotopic (exact) mass is 405 g/mol. The van der Waals surface area contributed by atoms with Crippen LogP contribution in [0.2, 0.25) is 0 Å². The van der Waals surface area contributed by atoms with E-state index in [1.807, 2.05) is 26.0 Å². The number of fused-ring (bicyclic) bond motifs is 1. The summed E-state index contributed by atoms with van der Waals surface area (Å²) in [6.07, 6.45) is 4.09. The van der Waals surface area contributed by atoms with Gasteiger partial charge in [-0.25, -0.2) is 4.98 Å². The van der Waals surface area contributed by atoms with Crippen LogP contribution in [-0.2, 0) is 16.0 Å². The molecular weight excluding hydrogens is 380 g/mol. The Morgan fingerprint density at radius 3 is 3.07 bits per heavy atom. The second-order valence-corrected chi connectivity index (χ2v) is 8.03. The number of carbonyl (C=O) groups is 1. The first-order valence-corrected chi connectivity index (χ1v) is 10.6. The molecule has 0 spiro atoms. The number of hydrogen-bond acceptors (Lipinski definition) is 7. The van der Waals surface area contributed by atoms with E-state index in [9.17, 15) is 9.90 Å². The van der Waals surface area contributed by atoms with Crippen molar-refractivity contribution >= 4 is 22.3 Å². The minimum absolute atomic E-state index is 0.0966. The molecule has 0 bridgehead atoms. The van der Waals surface area contributed by atoms with Gasteiger partial charge < -0.3 is 19.2 Å². The molecule has 0 saturated carbocycles. The summed E-state index contributed by atoms with van der Waals surface area (Å²) < 4.78 is 12.5. The number of nitrogens with zero attached hydrogens (tertiary/aromatic N) is 3. The van der Waals surface area contributed by atoms with Crippen molar-refractivity contribution in [3.63, 3.8) is 0 Å². The van der Waals surface area contributed by atoms with Crippen molar-refractivity contribution in [2.24, 2.45) is 5.92 Å². The fraction of sp³-hybridized carbons (Fsp3) is 0.526. The number of nitrogens with one attached hydrogen (secondary N) is 1. The number of rotatable bonds is 6. The van der Waals surface area contributed by atoms with Gasteiger partial charge in [0.05, 0.1) is 26.0 Å². The van der Waals surface area contributed by atoms with Crippen LogP contribution in [0.1, 0.15) is 49.2 Å². The van der Waals surface area contributed by atoms with Crippen LogP contribution in [0.25, 0.3) is 4.96 Å². The molecular formula is C19H25N4O4S+. The molecule has 150 valence electrons. The third kappa shape index (κ3) is 3.40. The number of hydrogen-bond donors (Lipinski definition) is 2. The van der Waals surface area contributed by atoms with Crippen LogP contribution in [0.3, 0.4) is 0 Å². The molecule has 28 heavy (non-hydrogen) atoms. The van der Waals surface area contributed by atoms with Crippen molar-refractivity contribution in [3.8, 4) is 5.88 Å². The molecule has 1 aliphatic heterocycles. The molecule has 9 heteroatoms. The van der Waals surface area contributed by atoms with Crippen LogP contribution < -0.4 is 4.90 Å². The molecule has 3 aromatic rings. The van der Waals surface area contributed by atoms with Gasteiger partial charge in [-0.3, -0.25) is 4.79 Å². The predicted molar refractivity (Wildman–Crippen MR) is 103 cm³/mol. The van der Waals surface area contributed by atoms with Crippen molar-refractivity contribution in [2.45, 2.75) is 39.2 Å². The normalized spacial score (nSPS) is 21.1. The quantitative estimate of drug-likeness (QED) is 0.605. The summed E-state index contributed by atoms with van der Waals surface area (Å²) in [5.74, 6) is 1.28. The molecule has 0 amide bonds. The van der Waals surface area contributed by atoms with E-state index in [4.69, 9.17) is 9.15 Å². The second kappa shape index (κ2) is 7.92. The maximum atomic E-state index is 12.3. The topological polar surface area (TPSA) is 94.3 Å². The number of thiazole rings is 1. The van der Waals surface area contributed by atoms with E-state index in [0.717, 1.165) is 30.0 Å². The number of carbonyl (C=O) groups excluding carboxylic acids is 1. The van der Waals surface area contributed by atoms with Crippen molar-refractivity contribution in [1.29, 1.82) is 0 Å². The van der Waals surface area contributed by atoms with Gasteiger partial charge in [0.25, 0.3) is 0 Å². The zero-order valence-electron chi connectivity index (χ0n) is 16.1. The average Bonchev–Trinajstić information content (AvgIpc) is 3.42. The highest BCUT2D eigenvalue weighted by Gasteiger charge is 2.39. The summed E-state index contributed by atoms with van der Waals surface area (Å²) in [5, 5.41) is 15.3. The van der Waals surface area contributed by atoms with Crippen LogP contribution in [0.4, 0.5) is 0 Å². The Labute approximate surface area is 166 Å². The highest BCUT2D eigenvalue weighted by molar-refractivity contribution is 7.17.